The van der Waals surface area contributed by atoms with Gasteiger partial charge in [0, 0.05) is 21.4 Å². The Morgan fingerprint density at radius 1 is 1.21 bits per heavy atom. The molecule has 0 amide bonds. The molecular formula is C15H16FNOS. The molecule has 0 aromatic heterocycles. The first-order valence-electron chi connectivity index (χ1n) is 5.97. The molecule has 1 unspecified atom stereocenters. The zero-order chi connectivity index (χ0) is 13.8. The number of rotatable bonds is 4. The van der Waals surface area contributed by atoms with Crippen LogP contribution < -0.4 is 10.5 Å². The van der Waals surface area contributed by atoms with E-state index in [0.29, 0.717) is 5.56 Å². The van der Waals surface area contributed by atoms with Gasteiger partial charge in [0.2, 0.25) is 0 Å². The van der Waals surface area contributed by atoms with Crippen molar-refractivity contribution in [2.24, 2.45) is 5.73 Å². The van der Waals surface area contributed by atoms with Crippen LogP contribution >= 0.6 is 11.8 Å². The molecule has 0 radical (unpaired) electrons. The lowest BCUT2D eigenvalue weighted by atomic mass is 10.1. The van der Waals surface area contributed by atoms with Crippen LogP contribution in [-0.2, 0) is 0 Å². The van der Waals surface area contributed by atoms with Crippen LogP contribution in [0.1, 0.15) is 18.5 Å². The lowest BCUT2D eigenvalue weighted by Crippen LogP contribution is -2.08. The number of nitrogens with two attached hydrogens (primary N) is 1. The molecular weight excluding hydrogens is 261 g/mol. The summed E-state index contributed by atoms with van der Waals surface area (Å²) in [5.74, 6) is 0.520. The van der Waals surface area contributed by atoms with E-state index in [1.807, 2.05) is 30.3 Å². The maximum absolute atomic E-state index is 13.8. The van der Waals surface area contributed by atoms with Gasteiger partial charge in [-0.2, -0.15) is 0 Å². The molecule has 0 heterocycles. The summed E-state index contributed by atoms with van der Waals surface area (Å²) in [7, 11) is 1.62. The second-order valence-electron chi connectivity index (χ2n) is 4.22. The summed E-state index contributed by atoms with van der Waals surface area (Å²) in [6, 6.07) is 12.3. The SMILES string of the molecule is COc1cccc(Sc2cccc(F)c2C(C)N)c1. The molecule has 1 atom stereocenters. The Morgan fingerprint density at radius 3 is 2.63 bits per heavy atom. The lowest BCUT2D eigenvalue weighted by molar-refractivity contribution is 0.413. The monoisotopic (exact) mass is 277 g/mol. The smallest absolute Gasteiger partial charge is 0.129 e. The van der Waals surface area contributed by atoms with E-state index in [4.69, 9.17) is 10.5 Å². The second kappa shape index (κ2) is 6.08. The van der Waals surface area contributed by atoms with Crippen molar-refractivity contribution >= 4 is 11.8 Å². The summed E-state index contributed by atoms with van der Waals surface area (Å²) in [5, 5.41) is 0. The Balaban J connectivity index is 2.35. The van der Waals surface area contributed by atoms with Crippen molar-refractivity contribution in [2.75, 3.05) is 7.11 Å². The first-order chi connectivity index (χ1) is 9.11. The summed E-state index contributed by atoms with van der Waals surface area (Å²) < 4.78 is 19.0. The molecule has 0 aliphatic rings. The fourth-order valence-corrected chi connectivity index (χ4v) is 2.96. The molecule has 100 valence electrons. The maximum atomic E-state index is 13.8. The van der Waals surface area contributed by atoms with Crippen molar-refractivity contribution in [1.82, 2.24) is 0 Å². The number of halogens is 1. The zero-order valence-electron chi connectivity index (χ0n) is 10.9. The van der Waals surface area contributed by atoms with Crippen LogP contribution in [0.5, 0.6) is 5.75 Å². The van der Waals surface area contributed by atoms with Gasteiger partial charge in [0.1, 0.15) is 11.6 Å². The minimum Gasteiger partial charge on any atom is -0.497 e. The Morgan fingerprint density at radius 2 is 1.95 bits per heavy atom. The number of methoxy groups -OCH3 is 1. The van der Waals surface area contributed by atoms with Crippen molar-refractivity contribution in [1.29, 1.82) is 0 Å². The van der Waals surface area contributed by atoms with Gasteiger partial charge in [-0.3, -0.25) is 0 Å². The molecule has 2 aromatic rings. The third-order valence-corrected chi connectivity index (χ3v) is 3.80. The van der Waals surface area contributed by atoms with Crippen LogP contribution in [0.4, 0.5) is 4.39 Å². The van der Waals surface area contributed by atoms with E-state index < -0.39 is 0 Å². The van der Waals surface area contributed by atoms with Crippen LogP contribution in [0.2, 0.25) is 0 Å². The number of hydrogen-bond acceptors (Lipinski definition) is 3. The Hall–Kier alpha value is -1.52. The molecule has 0 saturated carbocycles. The first kappa shape index (κ1) is 13.9. The van der Waals surface area contributed by atoms with Gasteiger partial charge in [0.05, 0.1) is 7.11 Å². The third kappa shape index (κ3) is 3.28. The van der Waals surface area contributed by atoms with Crippen LogP contribution in [0.25, 0.3) is 0 Å². The molecule has 0 bridgehead atoms. The molecule has 19 heavy (non-hydrogen) atoms. The first-order valence-corrected chi connectivity index (χ1v) is 6.79. The standard InChI is InChI=1S/C15H16FNOS/c1-10(17)15-13(16)7-4-8-14(15)19-12-6-3-5-11(9-12)18-2/h3-10H,17H2,1-2H3. The molecule has 2 rings (SSSR count). The Bertz CT molecular complexity index is 572. The van der Waals surface area contributed by atoms with E-state index in [9.17, 15) is 4.39 Å². The van der Waals surface area contributed by atoms with Gasteiger partial charge in [0.25, 0.3) is 0 Å². The molecule has 0 aliphatic heterocycles. The van der Waals surface area contributed by atoms with E-state index >= 15 is 0 Å². The zero-order valence-corrected chi connectivity index (χ0v) is 11.7. The summed E-state index contributed by atoms with van der Waals surface area (Å²) in [6.07, 6.45) is 0. The van der Waals surface area contributed by atoms with Crippen molar-refractivity contribution in [3.05, 3.63) is 53.8 Å². The normalized spacial score (nSPS) is 12.2. The molecule has 2 aromatic carbocycles. The highest BCUT2D eigenvalue weighted by Gasteiger charge is 2.13. The Labute approximate surface area is 116 Å². The van der Waals surface area contributed by atoms with Gasteiger partial charge in [-0.05, 0) is 37.3 Å². The highest BCUT2D eigenvalue weighted by atomic mass is 32.2. The van der Waals surface area contributed by atoms with Crippen molar-refractivity contribution in [2.45, 2.75) is 22.8 Å². The summed E-state index contributed by atoms with van der Waals surface area (Å²) >= 11 is 1.49. The molecule has 0 spiro atoms. The molecule has 2 nitrogen and oxygen atoms in total. The van der Waals surface area contributed by atoms with Gasteiger partial charge in [-0.1, -0.05) is 23.9 Å². The van der Waals surface area contributed by atoms with Crippen LogP contribution in [-0.4, -0.2) is 7.11 Å². The van der Waals surface area contributed by atoms with Gasteiger partial charge < -0.3 is 10.5 Å². The second-order valence-corrected chi connectivity index (χ2v) is 5.34. The molecule has 0 fully saturated rings. The predicted molar refractivity (Wildman–Crippen MR) is 76.1 cm³/mol. The third-order valence-electron chi connectivity index (χ3n) is 2.74. The van der Waals surface area contributed by atoms with E-state index in [2.05, 4.69) is 0 Å². The number of benzene rings is 2. The van der Waals surface area contributed by atoms with Gasteiger partial charge in [-0.25, -0.2) is 4.39 Å². The highest BCUT2D eigenvalue weighted by Crippen LogP contribution is 2.35. The minimum absolute atomic E-state index is 0.261. The number of hydrogen-bond donors (Lipinski definition) is 1. The van der Waals surface area contributed by atoms with E-state index in [1.165, 1.54) is 17.8 Å². The van der Waals surface area contributed by atoms with Crippen LogP contribution in [0.15, 0.2) is 52.3 Å². The molecule has 0 saturated heterocycles. The lowest BCUT2D eigenvalue weighted by Gasteiger charge is -2.13. The van der Waals surface area contributed by atoms with E-state index in [1.54, 1.807) is 20.1 Å². The Kier molecular flexibility index (Phi) is 4.45. The summed E-state index contributed by atoms with van der Waals surface area (Å²) in [5.41, 5.74) is 6.40. The number of ether oxygens (including phenoxy) is 1. The topological polar surface area (TPSA) is 35.2 Å². The quantitative estimate of drug-likeness (QED) is 0.917. The van der Waals surface area contributed by atoms with Crippen molar-refractivity contribution in [3.63, 3.8) is 0 Å². The van der Waals surface area contributed by atoms with Crippen molar-refractivity contribution < 1.29 is 9.13 Å². The summed E-state index contributed by atoms with van der Waals surface area (Å²) in [6.45, 7) is 1.79. The minimum atomic E-state index is -0.339. The predicted octanol–water partition coefficient (Wildman–Crippen LogP) is 4.01. The highest BCUT2D eigenvalue weighted by molar-refractivity contribution is 7.99. The molecule has 0 aliphatic carbocycles. The van der Waals surface area contributed by atoms with Gasteiger partial charge in [0.15, 0.2) is 0 Å². The van der Waals surface area contributed by atoms with Crippen LogP contribution in [0.3, 0.4) is 0 Å². The van der Waals surface area contributed by atoms with Crippen molar-refractivity contribution in [3.8, 4) is 5.75 Å². The summed E-state index contributed by atoms with van der Waals surface area (Å²) in [4.78, 5) is 1.83. The van der Waals surface area contributed by atoms with Gasteiger partial charge in [-0.15, -0.1) is 0 Å². The largest absolute Gasteiger partial charge is 0.497 e. The average molecular weight is 277 g/mol. The van der Waals surface area contributed by atoms with E-state index in [-0.39, 0.29) is 11.9 Å². The maximum Gasteiger partial charge on any atom is 0.129 e. The fraction of sp³-hybridized carbons (Fsp3) is 0.200. The van der Waals surface area contributed by atoms with Gasteiger partial charge >= 0.3 is 0 Å². The molecule has 4 heteroatoms. The molecule has 2 N–H and O–H groups in total. The fourth-order valence-electron chi connectivity index (χ4n) is 1.84. The van der Waals surface area contributed by atoms with E-state index in [0.717, 1.165) is 15.5 Å². The van der Waals surface area contributed by atoms with Crippen LogP contribution in [0, 0.1) is 5.82 Å². The average Bonchev–Trinajstić information content (AvgIpc) is 2.38.